The van der Waals surface area contributed by atoms with Crippen LogP contribution in [0.5, 0.6) is 17.2 Å². The summed E-state index contributed by atoms with van der Waals surface area (Å²) in [4.78, 5) is 6.58. The number of fused-ring (bicyclic) bond motifs is 2. The Morgan fingerprint density at radius 1 is 1.12 bits per heavy atom. The van der Waals surface area contributed by atoms with E-state index in [1.807, 2.05) is 43.4 Å². The quantitative estimate of drug-likeness (QED) is 0.472. The number of rotatable bonds is 10. The minimum atomic E-state index is -0.665. The predicted octanol–water partition coefficient (Wildman–Crippen LogP) is 3.16. The Morgan fingerprint density at radius 2 is 1.97 bits per heavy atom. The highest BCUT2D eigenvalue weighted by molar-refractivity contribution is 5.86. The lowest BCUT2D eigenvalue weighted by molar-refractivity contribution is 0.124. The summed E-state index contributed by atoms with van der Waals surface area (Å²) in [7, 11) is 3.67. The van der Waals surface area contributed by atoms with Gasteiger partial charge in [-0.15, -0.1) is 0 Å². The Balaban J connectivity index is 1.23. The van der Waals surface area contributed by atoms with Crippen LogP contribution in [-0.4, -0.2) is 62.0 Å². The van der Waals surface area contributed by atoms with E-state index in [4.69, 9.17) is 14.2 Å². The molecule has 2 heterocycles. The number of benzene rings is 2. The van der Waals surface area contributed by atoms with Crippen LogP contribution in [0.2, 0.25) is 0 Å². The van der Waals surface area contributed by atoms with Crippen LogP contribution < -0.4 is 19.5 Å². The van der Waals surface area contributed by atoms with E-state index in [1.54, 1.807) is 13.3 Å². The first-order chi connectivity index (χ1) is 15.6. The number of aliphatic hydroxyl groups is 1. The van der Waals surface area contributed by atoms with Crippen LogP contribution in [-0.2, 0) is 6.54 Å². The average molecular weight is 438 g/mol. The molecule has 0 spiro atoms. The number of methoxy groups -OCH3 is 1. The van der Waals surface area contributed by atoms with Crippen LogP contribution in [0.15, 0.2) is 48.7 Å². The van der Waals surface area contributed by atoms with E-state index in [0.717, 1.165) is 54.1 Å². The molecule has 170 valence electrons. The number of hydrogen-bond acceptors (Lipinski definition) is 7. The van der Waals surface area contributed by atoms with Crippen molar-refractivity contribution in [3.05, 3.63) is 59.9 Å². The molecule has 1 atom stereocenters. The van der Waals surface area contributed by atoms with Crippen LogP contribution in [0.4, 0.5) is 0 Å². The van der Waals surface area contributed by atoms with Crippen molar-refractivity contribution < 1.29 is 19.3 Å². The zero-order valence-electron chi connectivity index (χ0n) is 18.7. The van der Waals surface area contributed by atoms with E-state index >= 15 is 0 Å². The summed E-state index contributed by atoms with van der Waals surface area (Å²) >= 11 is 0. The van der Waals surface area contributed by atoms with Crippen molar-refractivity contribution in [2.24, 2.45) is 0 Å². The highest BCUT2D eigenvalue weighted by Crippen LogP contribution is 2.30. The van der Waals surface area contributed by atoms with E-state index in [-0.39, 0.29) is 0 Å². The van der Waals surface area contributed by atoms with Gasteiger partial charge in [0.05, 0.1) is 12.8 Å². The summed E-state index contributed by atoms with van der Waals surface area (Å²) in [6, 6.07) is 13.9. The molecule has 0 fully saturated rings. The predicted molar refractivity (Wildman–Crippen MR) is 125 cm³/mol. The van der Waals surface area contributed by atoms with Crippen molar-refractivity contribution in [3.63, 3.8) is 0 Å². The van der Waals surface area contributed by atoms with Gasteiger partial charge in [0.1, 0.15) is 25.1 Å². The molecule has 32 heavy (non-hydrogen) atoms. The van der Waals surface area contributed by atoms with Crippen molar-refractivity contribution in [1.29, 1.82) is 0 Å². The molecule has 1 aliphatic rings. The second-order valence-corrected chi connectivity index (χ2v) is 8.07. The molecule has 1 aromatic heterocycles. The van der Waals surface area contributed by atoms with E-state index in [1.165, 1.54) is 5.56 Å². The molecule has 1 unspecified atom stereocenters. The molecular formula is C25H31N3O4. The summed E-state index contributed by atoms with van der Waals surface area (Å²) in [6.45, 7) is 4.27. The normalized spacial score (nSPS) is 14.0. The fourth-order valence-corrected chi connectivity index (χ4v) is 3.94. The smallest absolute Gasteiger partial charge is 0.161 e. The lowest BCUT2D eigenvalue weighted by Gasteiger charge is -2.21. The first-order valence-corrected chi connectivity index (χ1v) is 11.0. The lowest BCUT2D eigenvalue weighted by Crippen LogP contribution is -2.28. The van der Waals surface area contributed by atoms with Crippen molar-refractivity contribution >= 4 is 10.8 Å². The zero-order valence-corrected chi connectivity index (χ0v) is 18.7. The summed E-state index contributed by atoms with van der Waals surface area (Å²) in [5.41, 5.74) is 1.86. The molecule has 7 heteroatoms. The number of nitrogens with one attached hydrogen (secondary N) is 1. The lowest BCUT2D eigenvalue weighted by atomic mass is 10.1. The van der Waals surface area contributed by atoms with Gasteiger partial charge in [-0.05, 0) is 67.8 Å². The largest absolute Gasteiger partial charge is 0.497 e. The monoisotopic (exact) mass is 437 g/mol. The Kier molecular flexibility index (Phi) is 7.42. The average Bonchev–Trinajstić information content (AvgIpc) is 2.82. The van der Waals surface area contributed by atoms with E-state index in [0.29, 0.717) is 25.5 Å². The minimum absolute atomic E-state index is 0.519. The number of likely N-dealkylation sites (N-methyl/N-ethyl adjacent to an activating group) is 1. The Labute approximate surface area is 188 Å². The molecule has 2 N–H and O–H groups in total. The highest BCUT2D eigenvalue weighted by atomic mass is 16.6. The maximum atomic E-state index is 10.8. The van der Waals surface area contributed by atoms with Crippen LogP contribution in [0.3, 0.4) is 0 Å². The molecule has 3 aromatic rings. The number of aliphatic hydroxyl groups excluding tert-OH is 1. The molecule has 7 nitrogen and oxygen atoms in total. The van der Waals surface area contributed by atoms with Gasteiger partial charge in [-0.2, -0.15) is 0 Å². The molecule has 0 saturated heterocycles. The van der Waals surface area contributed by atoms with E-state index < -0.39 is 6.10 Å². The number of hydrogen-bond donors (Lipinski definition) is 2. The van der Waals surface area contributed by atoms with Gasteiger partial charge in [-0.25, -0.2) is 0 Å². The van der Waals surface area contributed by atoms with Gasteiger partial charge in [-0.3, -0.25) is 4.98 Å². The van der Waals surface area contributed by atoms with Crippen molar-refractivity contribution in [2.75, 3.05) is 47.0 Å². The van der Waals surface area contributed by atoms with Crippen molar-refractivity contribution in [2.45, 2.75) is 19.1 Å². The molecule has 0 radical (unpaired) electrons. The van der Waals surface area contributed by atoms with Crippen LogP contribution in [0.25, 0.3) is 10.8 Å². The fourth-order valence-electron chi connectivity index (χ4n) is 3.94. The number of ether oxygens (including phenoxy) is 3. The standard InChI is InChI=1S/C25H31N3O4/c1-28(11-3-9-26-16-18-4-7-23-24(14-18)32-13-12-31-23)17-22(29)25-21-15-20(30-2)6-5-19(21)8-10-27-25/h4-8,10,14-15,22,26,29H,3,9,11-13,16-17H2,1-2H3. The maximum absolute atomic E-state index is 10.8. The summed E-state index contributed by atoms with van der Waals surface area (Å²) in [6.07, 6.45) is 2.06. The van der Waals surface area contributed by atoms with Gasteiger partial charge in [-0.1, -0.05) is 12.1 Å². The summed E-state index contributed by atoms with van der Waals surface area (Å²) in [5.74, 6) is 2.40. The van der Waals surface area contributed by atoms with Gasteiger partial charge >= 0.3 is 0 Å². The number of nitrogens with zero attached hydrogens (tertiary/aromatic N) is 2. The Hall–Kier alpha value is -2.87. The number of pyridine rings is 1. The molecular weight excluding hydrogens is 406 g/mol. The Morgan fingerprint density at radius 3 is 2.81 bits per heavy atom. The van der Waals surface area contributed by atoms with Crippen molar-refractivity contribution in [1.82, 2.24) is 15.2 Å². The van der Waals surface area contributed by atoms with Gasteiger partial charge < -0.3 is 29.5 Å². The molecule has 1 aliphatic heterocycles. The topological polar surface area (TPSA) is 76.1 Å². The van der Waals surface area contributed by atoms with Crippen LogP contribution >= 0.6 is 0 Å². The van der Waals surface area contributed by atoms with Crippen LogP contribution in [0, 0.1) is 0 Å². The maximum Gasteiger partial charge on any atom is 0.161 e. The third-order valence-electron chi connectivity index (χ3n) is 5.63. The molecule has 0 aliphatic carbocycles. The van der Waals surface area contributed by atoms with E-state index in [9.17, 15) is 5.11 Å². The van der Waals surface area contributed by atoms with E-state index in [2.05, 4.69) is 21.3 Å². The second-order valence-electron chi connectivity index (χ2n) is 8.07. The van der Waals surface area contributed by atoms with Gasteiger partial charge in [0, 0.05) is 24.7 Å². The number of aromatic nitrogens is 1. The van der Waals surface area contributed by atoms with Gasteiger partial charge in [0.15, 0.2) is 11.5 Å². The molecule has 0 amide bonds. The first-order valence-electron chi connectivity index (χ1n) is 11.0. The molecule has 0 bridgehead atoms. The summed E-state index contributed by atoms with van der Waals surface area (Å²) in [5, 5.41) is 16.3. The third-order valence-corrected chi connectivity index (χ3v) is 5.63. The second kappa shape index (κ2) is 10.6. The van der Waals surface area contributed by atoms with Crippen molar-refractivity contribution in [3.8, 4) is 17.2 Å². The SMILES string of the molecule is COc1ccc2ccnc(C(O)CN(C)CCCNCc3ccc4c(c3)OCCO4)c2c1. The highest BCUT2D eigenvalue weighted by Gasteiger charge is 2.16. The zero-order chi connectivity index (χ0) is 22.3. The summed E-state index contributed by atoms with van der Waals surface area (Å²) < 4.78 is 16.5. The first kappa shape index (κ1) is 22.3. The minimum Gasteiger partial charge on any atom is -0.497 e. The van der Waals surface area contributed by atoms with Crippen LogP contribution in [0.1, 0.15) is 23.8 Å². The van der Waals surface area contributed by atoms with Gasteiger partial charge in [0.2, 0.25) is 0 Å². The molecule has 0 saturated carbocycles. The molecule has 2 aromatic carbocycles. The fraction of sp³-hybridized carbons (Fsp3) is 0.400. The van der Waals surface area contributed by atoms with Gasteiger partial charge in [0.25, 0.3) is 0 Å². The molecule has 4 rings (SSSR count). The third kappa shape index (κ3) is 5.48. The Bertz CT molecular complexity index is 1040.